The van der Waals surface area contributed by atoms with Gasteiger partial charge in [-0.2, -0.15) is 5.10 Å². The molecule has 0 heterocycles. The fourth-order valence-corrected chi connectivity index (χ4v) is 2.72. The van der Waals surface area contributed by atoms with E-state index in [1.54, 1.807) is 6.21 Å². The number of hydrogen-bond acceptors (Lipinski definition) is 3. The summed E-state index contributed by atoms with van der Waals surface area (Å²) in [5.41, 5.74) is 4.49. The molecule has 1 N–H and O–H groups in total. The van der Waals surface area contributed by atoms with Gasteiger partial charge in [-0.1, -0.05) is 60.1 Å². The molecule has 3 nitrogen and oxygen atoms in total. The summed E-state index contributed by atoms with van der Waals surface area (Å²) in [6.07, 6.45) is 1.62. The Morgan fingerprint density at radius 3 is 2.62 bits per heavy atom. The van der Waals surface area contributed by atoms with Gasteiger partial charge in [0.2, 0.25) is 5.91 Å². The summed E-state index contributed by atoms with van der Waals surface area (Å²) in [6.45, 7) is 0. The zero-order valence-corrected chi connectivity index (χ0v) is 12.9. The van der Waals surface area contributed by atoms with Gasteiger partial charge < -0.3 is 0 Å². The average molecular weight is 319 g/mol. The number of nitrogens with zero attached hydrogens (tertiary/aromatic N) is 1. The molecule has 0 saturated heterocycles. The predicted octanol–water partition coefficient (Wildman–Crippen LogP) is 3.72. The third-order valence-electron chi connectivity index (χ3n) is 2.65. The topological polar surface area (TPSA) is 41.5 Å². The van der Waals surface area contributed by atoms with Gasteiger partial charge in [-0.3, -0.25) is 4.79 Å². The molecule has 0 unspecified atom stereocenters. The third kappa shape index (κ3) is 5.61. The molecule has 0 bridgehead atoms. The van der Waals surface area contributed by atoms with Crippen molar-refractivity contribution in [2.24, 2.45) is 5.10 Å². The first kappa shape index (κ1) is 15.6. The summed E-state index contributed by atoms with van der Waals surface area (Å²) in [7, 11) is 0. The van der Waals surface area contributed by atoms with Crippen molar-refractivity contribution in [1.29, 1.82) is 0 Å². The number of rotatable bonds is 6. The largest absolute Gasteiger partial charge is 0.272 e. The first-order valence-corrected chi connectivity index (χ1v) is 7.97. The lowest BCUT2D eigenvalue weighted by Gasteiger charge is -2.03. The van der Waals surface area contributed by atoms with Crippen molar-refractivity contribution in [2.75, 3.05) is 5.75 Å². The number of nitrogens with one attached hydrogen (secondary N) is 1. The smallest absolute Gasteiger partial charge is 0.250 e. The van der Waals surface area contributed by atoms with Crippen LogP contribution >= 0.6 is 23.4 Å². The Kier molecular flexibility index (Phi) is 6.31. The maximum atomic E-state index is 11.6. The van der Waals surface area contributed by atoms with E-state index in [-0.39, 0.29) is 5.91 Å². The Balaban J connectivity index is 1.71. The second kappa shape index (κ2) is 8.49. The molecule has 0 aliphatic heterocycles. The van der Waals surface area contributed by atoms with Gasteiger partial charge in [-0.25, -0.2) is 5.43 Å². The van der Waals surface area contributed by atoms with E-state index < -0.39 is 0 Å². The van der Waals surface area contributed by atoms with E-state index in [0.29, 0.717) is 11.5 Å². The molecule has 21 heavy (non-hydrogen) atoms. The van der Waals surface area contributed by atoms with E-state index in [2.05, 4.69) is 10.5 Å². The zero-order chi connectivity index (χ0) is 14.9. The molecule has 0 fully saturated rings. The molecule has 2 aromatic rings. The van der Waals surface area contributed by atoms with Crippen LogP contribution in [-0.4, -0.2) is 17.9 Å². The molecule has 108 valence electrons. The van der Waals surface area contributed by atoms with Gasteiger partial charge in [0.05, 0.1) is 12.0 Å². The van der Waals surface area contributed by atoms with Crippen molar-refractivity contribution < 1.29 is 4.79 Å². The first-order valence-electron chi connectivity index (χ1n) is 6.44. The highest BCUT2D eigenvalue weighted by Crippen LogP contribution is 2.20. The fraction of sp³-hybridized carbons (Fsp3) is 0.125. The summed E-state index contributed by atoms with van der Waals surface area (Å²) in [4.78, 5) is 11.6. The molecular weight excluding hydrogens is 304 g/mol. The first-order chi connectivity index (χ1) is 10.3. The van der Waals surface area contributed by atoms with Crippen LogP contribution in [0.2, 0.25) is 5.02 Å². The Bertz CT molecular complexity index is 617. The molecule has 2 aromatic carbocycles. The number of carbonyl (C=O) groups is 1. The van der Waals surface area contributed by atoms with Crippen LogP contribution in [0.4, 0.5) is 0 Å². The second-order valence-corrected chi connectivity index (χ2v) is 5.68. The van der Waals surface area contributed by atoms with Crippen LogP contribution < -0.4 is 5.43 Å². The minimum absolute atomic E-state index is 0.126. The Morgan fingerprint density at radius 2 is 1.86 bits per heavy atom. The quantitative estimate of drug-likeness (QED) is 0.651. The van der Waals surface area contributed by atoms with Crippen molar-refractivity contribution in [1.82, 2.24) is 5.43 Å². The summed E-state index contributed by atoms with van der Waals surface area (Å²) in [5.74, 6) is 0.923. The summed E-state index contributed by atoms with van der Waals surface area (Å²) < 4.78 is 0. The summed E-state index contributed by atoms with van der Waals surface area (Å²) in [6, 6.07) is 17.2. The van der Waals surface area contributed by atoms with Gasteiger partial charge in [0, 0.05) is 10.8 Å². The van der Waals surface area contributed by atoms with Crippen molar-refractivity contribution in [3.8, 4) is 0 Å². The summed E-state index contributed by atoms with van der Waals surface area (Å²) >= 11 is 7.56. The third-order valence-corrected chi connectivity index (χ3v) is 4.00. The maximum absolute atomic E-state index is 11.6. The molecular formula is C16H15ClN2OS. The number of carbonyl (C=O) groups excluding carboxylic acids is 1. The molecule has 1 amide bonds. The highest BCUT2D eigenvalue weighted by molar-refractivity contribution is 7.99. The molecule has 0 saturated carbocycles. The van der Waals surface area contributed by atoms with Crippen LogP contribution in [0.15, 0.2) is 59.7 Å². The van der Waals surface area contributed by atoms with E-state index in [1.807, 2.05) is 54.6 Å². The number of benzene rings is 2. The van der Waals surface area contributed by atoms with Crippen molar-refractivity contribution >= 4 is 35.5 Å². The van der Waals surface area contributed by atoms with Gasteiger partial charge in [0.25, 0.3) is 0 Å². The highest BCUT2D eigenvalue weighted by atomic mass is 35.5. The number of thioether (sulfide) groups is 1. The Hall–Kier alpha value is -1.78. The van der Waals surface area contributed by atoms with Crippen LogP contribution in [0.25, 0.3) is 0 Å². The number of hydrogen-bond donors (Lipinski definition) is 1. The lowest BCUT2D eigenvalue weighted by molar-refractivity contribution is -0.118. The Labute approximate surface area is 133 Å². The van der Waals surface area contributed by atoms with E-state index in [4.69, 9.17) is 11.6 Å². The van der Waals surface area contributed by atoms with Crippen molar-refractivity contribution in [3.05, 3.63) is 70.7 Å². The second-order valence-electron chi connectivity index (χ2n) is 4.29. The molecule has 2 rings (SSSR count). The van der Waals surface area contributed by atoms with Crippen LogP contribution in [-0.2, 0) is 10.5 Å². The van der Waals surface area contributed by atoms with Gasteiger partial charge in [0.15, 0.2) is 0 Å². The summed E-state index contributed by atoms with van der Waals surface area (Å²) in [5, 5.41) is 4.65. The van der Waals surface area contributed by atoms with Crippen LogP contribution in [0, 0.1) is 0 Å². The lowest BCUT2D eigenvalue weighted by atomic mass is 10.2. The SMILES string of the molecule is O=C(CSCc1ccccc1Cl)N/N=C/c1ccccc1. The standard InChI is InChI=1S/C16H15ClN2OS/c17-15-9-5-4-8-14(15)11-21-12-16(20)19-18-10-13-6-2-1-3-7-13/h1-10H,11-12H2,(H,19,20)/b18-10+. The normalized spacial score (nSPS) is 10.7. The van der Waals surface area contributed by atoms with Crippen molar-refractivity contribution in [3.63, 3.8) is 0 Å². The lowest BCUT2D eigenvalue weighted by Crippen LogP contribution is -2.19. The van der Waals surface area contributed by atoms with E-state index >= 15 is 0 Å². The molecule has 0 spiro atoms. The van der Waals surface area contributed by atoms with E-state index in [9.17, 15) is 4.79 Å². The van der Waals surface area contributed by atoms with Crippen LogP contribution in [0.1, 0.15) is 11.1 Å². The highest BCUT2D eigenvalue weighted by Gasteiger charge is 2.02. The average Bonchev–Trinajstić information content (AvgIpc) is 2.50. The maximum Gasteiger partial charge on any atom is 0.250 e. The van der Waals surface area contributed by atoms with Gasteiger partial charge in [-0.05, 0) is 17.2 Å². The minimum Gasteiger partial charge on any atom is -0.272 e. The zero-order valence-electron chi connectivity index (χ0n) is 11.3. The molecule has 0 aliphatic rings. The number of amides is 1. The number of halogens is 1. The predicted molar refractivity (Wildman–Crippen MR) is 89.8 cm³/mol. The van der Waals surface area contributed by atoms with E-state index in [1.165, 1.54) is 11.8 Å². The molecule has 0 aromatic heterocycles. The number of hydrazone groups is 1. The Morgan fingerprint density at radius 1 is 1.14 bits per heavy atom. The molecule has 0 radical (unpaired) electrons. The monoisotopic (exact) mass is 318 g/mol. The van der Waals surface area contributed by atoms with Crippen molar-refractivity contribution in [2.45, 2.75) is 5.75 Å². The molecule has 0 aliphatic carbocycles. The fourth-order valence-electron chi connectivity index (χ4n) is 1.62. The van der Waals surface area contributed by atoms with Crippen LogP contribution in [0.5, 0.6) is 0 Å². The molecule has 0 atom stereocenters. The van der Waals surface area contributed by atoms with Gasteiger partial charge in [-0.15, -0.1) is 11.8 Å². The molecule has 5 heteroatoms. The van der Waals surface area contributed by atoms with Gasteiger partial charge in [0.1, 0.15) is 0 Å². The minimum atomic E-state index is -0.126. The van der Waals surface area contributed by atoms with Gasteiger partial charge >= 0.3 is 0 Å². The van der Waals surface area contributed by atoms with E-state index in [0.717, 1.165) is 16.1 Å². The van der Waals surface area contributed by atoms with Crippen LogP contribution in [0.3, 0.4) is 0 Å².